The van der Waals surface area contributed by atoms with Crippen LogP contribution in [0.15, 0.2) is 33.4 Å². The maximum absolute atomic E-state index is 13.5. The first-order valence-electron chi connectivity index (χ1n) is 5.66. The van der Waals surface area contributed by atoms with Gasteiger partial charge >= 0.3 is 0 Å². The number of nitrogens with one attached hydrogen (secondary N) is 1. The molecule has 8 heteroatoms. The lowest BCUT2D eigenvalue weighted by Gasteiger charge is -2.00. The molecule has 0 spiro atoms. The van der Waals surface area contributed by atoms with Crippen LogP contribution >= 0.6 is 15.9 Å². The third-order valence-electron chi connectivity index (χ3n) is 2.74. The summed E-state index contributed by atoms with van der Waals surface area (Å²) in [6.07, 6.45) is 1.49. The first kappa shape index (κ1) is 13.5. The summed E-state index contributed by atoms with van der Waals surface area (Å²) in [6, 6.07) is 5.82. The van der Waals surface area contributed by atoms with Crippen molar-refractivity contribution in [3.63, 3.8) is 0 Å². The standard InChI is InChI=1S/C13H5BrF2N4O/c14-10-7(1-2-8(15)11(10)16)12-19-13(21-20-12)9-3-6(4-17)5-18-9/h1-3,5,18H. The van der Waals surface area contributed by atoms with Gasteiger partial charge in [0.15, 0.2) is 11.6 Å². The largest absolute Gasteiger partial charge is 0.356 e. The number of benzene rings is 1. The summed E-state index contributed by atoms with van der Waals surface area (Å²) in [5.74, 6) is -1.75. The molecule has 2 aromatic heterocycles. The summed E-state index contributed by atoms with van der Waals surface area (Å²) in [5, 5.41) is 12.5. The molecule has 0 amide bonds. The minimum Gasteiger partial charge on any atom is -0.356 e. The zero-order chi connectivity index (χ0) is 15.0. The average Bonchev–Trinajstić information content (AvgIpc) is 3.13. The van der Waals surface area contributed by atoms with Crippen LogP contribution in [0.5, 0.6) is 0 Å². The summed E-state index contributed by atoms with van der Waals surface area (Å²) < 4.78 is 31.6. The zero-order valence-electron chi connectivity index (χ0n) is 10.2. The summed E-state index contributed by atoms with van der Waals surface area (Å²) >= 11 is 2.96. The minimum atomic E-state index is -1.02. The molecule has 3 aromatic rings. The third-order valence-corrected chi connectivity index (χ3v) is 3.52. The molecule has 0 aliphatic rings. The molecule has 0 saturated carbocycles. The highest BCUT2D eigenvalue weighted by Crippen LogP contribution is 2.31. The van der Waals surface area contributed by atoms with Gasteiger partial charge in [0.1, 0.15) is 11.8 Å². The van der Waals surface area contributed by atoms with E-state index < -0.39 is 11.6 Å². The Labute approximate surface area is 125 Å². The highest BCUT2D eigenvalue weighted by Gasteiger charge is 2.18. The molecule has 0 bridgehead atoms. The number of halogens is 3. The molecule has 0 radical (unpaired) electrons. The molecular formula is C13H5BrF2N4O. The Morgan fingerprint density at radius 2 is 2.14 bits per heavy atom. The van der Waals surface area contributed by atoms with Gasteiger partial charge in [-0.15, -0.1) is 0 Å². The van der Waals surface area contributed by atoms with Gasteiger partial charge < -0.3 is 9.51 Å². The van der Waals surface area contributed by atoms with Crippen molar-refractivity contribution < 1.29 is 13.3 Å². The number of H-pyrrole nitrogens is 1. The molecule has 0 aliphatic carbocycles. The lowest BCUT2D eigenvalue weighted by molar-refractivity contribution is 0.431. The van der Waals surface area contributed by atoms with Gasteiger partial charge in [-0.2, -0.15) is 10.2 Å². The van der Waals surface area contributed by atoms with Crippen molar-refractivity contribution in [3.8, 4) is 29.0 Å². The molecule has 0 unspecified atom stereocenters. The van der Waals surface area contributed by atoms with Crippen molar-refractivity contribution in [1.82, 2.24) is 15.1 Å². The van der Waals surface area contributed by atoms with Crippen molar-refractivity contribution in [1.29, 1.82) is 5.26 Å². The average molecular weight is 351 g/mol. The van der Waals surface area contributed by atoms with Gasteiger partial charge in [-0.05, 0) is 34.1 Å². The molecule has 2 heterocycles. The van der Waals surface area contributed by atoms with E-state index in [-0.39, 0.29) is 21.8 Å². The van der Waals surface area contributed by atoms with Gasteiger partial charge in [0.2, 0.25) is 5.82 Å². The Hall–Kier alpha value is -2.53. The third kappa shape index (κ3) is 2.32. The Balaban J connectivity index is 2.03. The van der Waals surface area contributed by atoms with Gasteiger partial charge in [0, 0.05) is 11.8 Å². The van der Waals surface area contributed by atoms with Crippen LogP contribution in [-0.4, -0.2) is 15.1 Å². The second-order valence-electron chi connectivity index (χ2n) is 4.06. The zero-order valence-corrected chi connectivity index (χ0v) is 11.8. The van der Waals surface area contributed by atoms with Gasteiger partial charge in [-0.25, -0.2) is 8.78 Å². The number of aromatic nitrogens is 3. The maximum atomic E-state index is 13.5. The molecule has 104 valence electrons. The van der Waals surface area contributed by atoms with E-state index in [0.29, 0.717) is 11.3 Å². The molecule has 1 N–H and O–H groups in total. The fourth-order valence-electron chi connectivity index (χ4n) is 1.72. The van der Waals surface area contributed by atoms with E-state index in [1.807, 2.05) is 6.07 Å². The van der Waals surface area contributed by atoms with Crippen molar-refractivity contribution in [2.24, 2.45) is 0 Å². The van der Waals surface area contributed by atoms with E-state index in [1.165, 1.54) is 18.3 Å². The highest BCUT2D eigenvalue weighted by atomic mass is 79.9. The molecule has 0 aliphatic heterocycles. The van der Waals surface area contributed by atoms with E-state index in [2.05, 4.69) is 31.1 Å². The number of hydrogen-bond donors (Lipinski definition) is 1. The van der Waals surface area contributed by atoms with E-state index >= 15 is 0 Å². The van der Waals surface area contributed by atoms with Crippen LogP contribution in [0.2, 0.25) is 0 Å². The predicted octanol–water partition coefficient (Wildman–Crippen LogP) is 3.64. The van der Waals surface area contributed by atoms with Crippen molar-refractivity contribution in [3.05, 3.63) is 46.1 Å². The van der Waals surface area contributed by atoms with Crippen molar-refractivity contribution in [2.45, 2.75) is 0 Å². The fraction of sp³-hybridized carbons (Fsp3) is 0. The molecule has 0 fully saturated rings. The van der Waals surface area contributed by atoms with Crippen molar-refractivity contribution >= 4 is 15.9 Å². The van der Waals surface area contributed by atoms with Gasteiger partial charge in [0.25, 0.3) is 5.89 Å². The first-order valence-corrected chi connectivity index (χ1v) is 6.46. The van der Waals surface area contributed by atoms with Crippen LogP contribution in [0.25, 0.3) is 23.0 Å². The number of nitrogens with zero attached hydrogens (tertiary/aromatic N) is 3. The Kier molecular flexibility index (Phi) is 3.27. The van der Waals surface area contributed by atoms with E-state index in [0.717, 1.165) is 6.07 Å². The lowest BCUT2D eigenvalue weighted by Crippen LogP contribution is -1.90. The van der Waals surface area contributed by atoms with Crippen LogP contribution in [-0.2, 0) is 0 Å². The van der Waals surface area contributed by atoms with Gasteiger partial charge in [-0.1, -0.05) is 5.16 Å². The number of aromatic amines is 1. The first-order chi connectivity index (χ1) is 10.1. The van der Waals surface area contributed by atoms with Crippen LogP contribution < -0.4 is 0 Å². The Morgan fingerprint density at radius 1 is 1.33 bits per heavy atom. The summed E-state index contributed by atoms with van der Waals surface area (Å²) in [4.78, 5) is 6.90. The van der Waals surface area contributed by atoms with E-state index in [9.17, 15) is 8.78 Å². The monoisotopic (exact) mass is 350 g/mol. The molecule has 0 saturated heterocycles. The number of rotatable bonds is 2. The SMILES string of the molecule is N#Cc1c[nH]c(-c2nc(-c3ccc(F)c(F)c3Br)no2)c1. The topological polar surface area (TPSA) is 78.5 Å². The Bertz CT molecular complexity index is 865. The molecule has 21 heavy (non-hydrogen) atoms. The summed E-state index contributed by atoms with van der Waals surface area (Å²) in [7, 11) is 0. The molecule has 3 rings (SSSR count). The van der Waals surface area contributed by atoms with Crippen LogP contribution in [0.3, 0.4) is 0 Å². The fourth-order valence-corrected chi connectivity index (χ4v) is 2.22. The van der Waals surface area contributed by atoms with Gasteiger partial charge in [-0.3, -0.25) is 0 Å². The van der Waals surface area contributed by atoms with Gasteiger partial charge in [0.05, 0.1) is 10.0 Å². The smallest absolute Gasteiger partial charge is 0.274 e. The normalized spacial score (nSPS) is 10.6. The highest BCUT2D eigenvalue weighted by molar-refractivity contribution is 9.10. The number of hydrogen-bond acceptors (Lipinski definition) is 4. The van der Waals surface area contributed by atoms with Crippen LogP contribution in [0.4, 0.5) is 8.78 Å². The number of nitriles is 1. The minimum absolute atomic E-state index is 0.0842. The second kappa shape index (κ2) is 5.10. The second-order valence-corrected chi connectivity index (χ2v) is 4.85. The van der Waals surface area contributed by atoms with E-state index in [1.54, 1.807) is 0 Å². The van der Waals surface area contributed by atoms with Crippen LogP contribution in [0.1, 0.15) is 5.56 Å². The Morgan fingerprint density at radius 3 is 2.86 bits per heavy atom. The van der Waals surface area contributed by atoms with E-state index in [4.69, 9.17) is 9.78 Å². The maximum Gasteiger partial charge on any atom is 0.274 e. The quantitative estimate of drug-likeness (QED) is 0.715. The predicted molar refractivity (Wildman–Crippen MR) is 71.9 cm³/mol. The molecule has 0 atom stereocenters. The van der Waals surface area contributed by atoms with Crippen molar-refractivity contribution in [2.75, 3.05) is 0 Å². The molecule has 5 nitrogen and oxygen atoms in total. The molecular weight excluding hydrogens is 346 g/mol. The molecule has 1 aromatic carbocycles. The van der Waals surface area contributed by atoms with Crippen LogP contribution in [0, 0.1) is 23.0 Å². The summed E-state index contributed by atoms with van der Waals surface area (Å²) in [5.41, 5.74) is 1.14. The lowest BCUT2D eigenvalue weighted by atomic mass is 10.2. The summed E-state index contributed by atoms with van der Waals surface area (Å²) in [6.45, 7) is 0.